The number of carbonyl (C=O) groups is 2. The van der Waals surface area contributed by atoms with E-state index in [4.69, 9.17) is 4.74 Å². The number of rotatable bonds is 7. The maximum atomic E-state index is 13.3. The normalized spacial score (nSPS) is 13.7. The topological polar surface area (TPSA) is 58.6 Å². The van der Waals surface area contributed by atoms with E-state index in [2.05, 4.69) is 11.4 Å². The summed E-state index contributed by atoms with van der Waals surface area (Å²) in [5, 5.41) is 3.16. The molecular weight excluding hydrogens is 400 g/mol. The Kier molecular flexibility index (Phi) is 6.08. The Morgan fingerprint density at radius 3 is 2.09 bits per heavy atom. The van der Waals surface area contributed by atoms with E-state index >= 15 is 0 Å². The summed E-state index contributed by atoms with van der Waals surface area (Å²) in [5.74, 6) is 0.0655. The van der Waals surface area contributed by atoms with Crippen molar-refractivity contribution in [2.24, 2.45) is 0 Å². The number of hydrogen-bond donors (Lipinski definition) is 1. The van der Waals surface area contributed by atoms with Crippen LogP contribution < -0.4 is 10.1 Å². The molecule has 0 spiro atoms. The fourth-order valence-electron chi connectivity index (χ4n) is 3.82. The van der Waals surface area contributed by atoms with Gasteiger partial charge in [-0.2, -0.15) is 0 Å². The van der Waals surface area contributed by atoms with E-state index in [9.17, 15) is 9.59 Å². The third-order valence-electron chi connectivity index (χ3n) is 5.33. The number of imide groups is 1. The number of benzene rings is 3. The van der Waals surface area contributed by atoms with E-state index < -0.39 is 0 Å². The van der Waals surface area contributed by atoms with E-state index in [0.29, 0.717) is 11.1 Å². The summed E-state index contributed by atoms with van der Waals surface area (Å²) in [5.41, 5.74) is 5.42. The van der Waals surface area contributed by atoms with Crippen LogP contribution in [-0.4, -0.2) is 29.9 Å². The van der Waals surface area contributed by atoms with Crippen molar-refractivity contribution in [1.82, 2.24) is 4.90 Å². The zero-order chi connectivity index (χ0) is 22.7. The van der Waals surface area contributed by atoms with Crippen LogP contribution in [0.2, 0.25) is 0 Å². The van der Waals surface area contributed by atoms with Gasteiger partial charge in [-0.1, -0.05) is 54.1 Å². The minimum atomic E-state index is -0.349. The standard InChI is InChI=1S/C27H26N2O3/c1-18-9-11-21(12-10-18)24-25(28-22-7-5-4-6-8-22)27(31)29(26(24)30)13-14-32-23-16-19(2)15-20(3)17-23/h4-12,15-17,28H,13-14H2,1-3H3. The maximum absolute atomic E-state index is 13.3. The summed E-state index contributed by atoms with van der Waals surface area (Å²) in [4.78, 5) is 27.8. The first-order valence-corrected chi connectivity index (χ1v) is 10.6. The second-order valence-corrected chi connectivity index (χ2v) is 8.04. The number of para-hydroxylation sites is 1. The molecule has 0 aliphatic carbocycles. The molecule has 0 aromatic heterocycles. The molecule has 162 valence electrons. The van der Waals surface area contributed by atoms with Gasteiger partial charge >= 0.3 is 0 Å². The van der Waals surface area contributed by atoms with Gasteiger partial charge in [0.05, 0.1) is 12.1 Å². The number of amides is 2. The second kappa shape index (κ2) is 9.10. The smallest absolute Gasteiger partial charge is 0.278 e. The molecule has 32 heavy (non-hydrogen) atoms. The molecule has 0 atom stereocenters. The molecule has 5 heteroatoms. The number of hydrogen-bond acceptors (Lipinski definition) is 4. The van der Waals surface area contributed by atoms with Gasteiger partial charge in [-0.15, -0.1) is 0 Å². The number of ether oxygens (including phenoxy) is 1. The Morgan fingerprint density at radius 1 is 0.781 bits per heavy atom. The molecule has 1 N–H and O–H groups in total. The molecule has 0 saturated heterocycles. The van der Waals surface area contributed by atoms with Gasteiger partial charge in [-0.3, -0.25) is 14.5 Å². The zero-order valence-corrected chi connectivity index (χ0v) is 18.5. The Bertz CT molecular complexity index is 1160. The van der Waals surface area contributed by atoms with Crippen LogP contribution in [0.4, 0.5) is 5.69 Å². The van der Waals surface area contributed by atoms with Crippen LogP contribution in [0.15, 0.2) is 78.5 Å². The average Bonchev–Trinajstić information content (AvgIpc) is 2.99. The highest BCUT2D eigenvalue weighted by Gasteiger charge is 2.39. The lowest BCUT2D eigenvalue weighted by atomic mass is 10.0. The highest BCUT2D eigenvalue weighted by atomic mass is 16.5. The first-order chi connectivity index (χ1) is 15.4. The van der Waals surface area contributed by atoms with Crippen LogP contribution in [0, 0.1) is 20.8 Å². The minimum Gasteiger partial charge on any atom is -0.492 e. The van der Waals surface area contributed by atoms with Gasteiger partial charge in [0.2, 0.25) is 0 Å². The van der Waals surface area contributed by atoms with Crippen molar-refractivity contribution in [1.29, 1.82) is 0 Å². The lowest BCUT2D eigenvalue weighted by molar-refractivity contribution is -0.137. The third kappa shape index (κ3) is 4.57. The largest absolute Gasteiger partial charge is 0.492 e. The Labute approximate surface area is 188 Å². The molecule has 1 aliphatic heterocycles. The average molecular weight is 427 g/mol. The maximum Gasteiger partial charge on any atom is 0.278 e. The van der Waals surface area contributed by atoms with Gasteiger partial charge in [0.1, 0.15) is 18.1 Å². The highest BCUT2D eigenvalue weighted by Crippen LogP contribution is 2.30. The highest BCUT2D eigenvalue weighted by molar-refractivity contribution is 6.36. The SMILES string of the molecule is Cc1ccc(C2=C(Nc3ccccc3)C(=O)N(CCOc3cc(C)cc(C)c3)C2=O)cc1. The number of nitrogens with one attached hydrogen (secondary N) is 1. The van der Waals surface area contributed by atoms with Gasteiger partial charge in [-0.25, -0.2) is 0 Å². The first-order valence-electron chi connectivity index (χ1n) is 10.6. The Hall–Kier alpha value is -3.86. The number of aryl methyl sites for hydroxylation is 3. The van der Waals surface area contributed by atoms with Crippen molar-refractivity contribution in [3.63, 3.8) is 0 Å². The van der Waals surface area contributed by atoms with E-state index in [1.165, 1.54) is 4.90 Å². The minimum absolute atomic E-state index is 0.167. The summed E-state index contributed by atoms with van der Waals surface area (Å²) in [6.07, 6.45) is 0. The van der Waals surface area contributed by atoms with Crippen LogP contribution in [-0.2, 0) is 9.59 Å². The molecule has 0 fully saturated rings. The molecule has 0 saturated carbocycles. The molecule has 3 aromatic rings. The van der Waals surface area contributed by atoms with Crippen LogP contribution in [0.25, 0.3) is 5.57 Å². The molecule has 2 amide bonds. The Morgan fingerprint density at radius 2 is 1.44 bits per heavy atom. The van der Waals surface area contributed by atoms with Gasteiger partial charge in [0.15, 0.2) is 0 Å². The van der Waals surface area contributed by atoms with Gasteiger partial charge in [-0.05, 0) is 61.7 Å². The molecular formula is C27H26N2O3. The second-order valence-electron chi connectivity index (χ2n) is 8.04. The summed E-state index contributed by atoms with van der Waals surface area (Å²) >= 11 is 0. The molecule has 0 unspecified atom stereocenters. The van der Waals surface area contributed by atoms with Crippen LogP contribution >= 0.6 is 0 Å². The first kappa shape index (κ1) is 21.4. The van der Waals surface area contributed by atoms with Crippen molar-refractivity contribution >= 4 is 23.1 Å². The number of carbonyl (C=O) groups excluding carboxylic acids is 2. The summed E-state index contributed by atoms with van der Waals surface area (Å²) in [6.45, 7) is 6.39. The van der Waals surface area contributed by atoms with Crippen molar-refractivity contribution in [3.8, 4) is 5.75 Å². The van der Waals surface area contributed by atoms with Crippen LogP contribution in [0.3, 0.4) is 0 Å². The molecule has 5 nitrogen and oxygen atoms in total. The predicted octanol–water partition coefficient (Wildman–Crippen LogP) is 4.88. The summed E-state index contributed by atoms with van der Waals surface area (Å²) in [7, 11) is 0. The fraction of sp³-hybridized carbons (Fsp3) is 0.185. The van der Waals surface area contributed by atoms with Gasteiger partial charge in [0, 0.05) is 5.69 Å². The molecule has 1 heterocycles. The van der Waals surface area contributed by atoms with Gasteiger partial charge < -0.3 is 10.1 Å². The van der Waals surface area contributed by atoms with Crippen LogP contribution in [0.1, 0.15) is 22.3 Å². The van der Waals surface area contributed by atoms with Gasteiger partial charge in [0.25, 0.3) is 11.8 Å². The zero-order valence-electron chi connectivity index (χ0n) is 18.5. The molecule has 0 bridgehead atoms. The Balaban J connectivity index is 1.57. The van der Waals surface area contributed by atoms with E-state index in [0.717, 1.165) is 28.1 Å². The van der Waals surface area contributed by atoms with Crippen molar-refractivity contribution < 1.29 is 14.3 Å². The predicted molar refractivity (Wildman–Crippen MR) is 126 cm³/mol. The lowest BCUT2D eigenvalue weighted by Crippen LogP contribution is -2.36. The van der Waals surface area contributed by atoms with E-state index in [1.807, 2.05) is 87.5 Å². The quantitative estimate of drug-likeness (QED) is 0.547. The van der Waals surface area contributed by atoms with Crippen molar-refractivity contribution in [3.05, 3.63) is 101 Å². The number of anilines is 1. The third-order valence-corrected chi connectivity index (χ3v) is 5.33. The summed E-state index contributed by atoms with van der Waals surface area (Å²) in [6, 6.07) is 23.0. The van der Waals surface area contributed by atoms with E-state index in [1.54, 1.807) is 0 Å². The van der Waals surface area contributed by atoms with Crippen molar-refractivity contribution in [2.45, 2.75) is 20.8 Å². The molecule has 0 radical (unpaired) electrons. The number of nitrogens with zero attached hydrogens (tertiary/aromatic N) is 1. The lowest BCUT2D eigenvalue weighted by Gasteiger charge is -2.16. The fourth-order valence-corrected chi connectivity index (χ4v) is 3.82. The molecule has 3 aromatic carbocycles. The van der Waals surface area contributed by atoms with Crippen molar-refractivity contribution in [2.75, 3.05) is 18.5 Å². The van der Waals surface area contributed by atoms with E-state index in [-0.39, 0.29) is 30.7 Å². The molecule has 4 rings (SSSR count). The van der Waals surface area contributed by atoms with Crippen LogP contribution in [0.5, 0.6) is 5.75 Å². The molecule has 1 aliphatic rings. The monoisotopic (exact) mass is 426 g/mol. The summed E-state index contributed by atoms with van der Waals surface area (Å²) < 4.78 is 5.85.